The van der Waals surface area contributed by atoms with Crippen LogP contribution in [0.1, 0.15) is 39.5 Å². The third-order valence-corrected chi connectivity index (χ3v) is 4.77. The highest BCUT2D eigenvalue weighted by atomic mass is 16.4. The second kappa shape index (κ2) is 7.11. The molecule has 1 saturated carbocycles. The summed E-state index contributed by atoms with van der Waals surface area (Å²) in [6.45, 7) is 4.25. The Labute approximate surface area is 127 Å². The van der Waals surface area contributed by atoms with Gasteiger partial charge in [0.15, 0.2) is 0 Å². The predicted molar refractivity (Wildman–Crippen MR) is 82.4 cm³/mol. The summed E-state index contributed by atoms with van der Waals surface area (Å²) in [5.41, 5.74) is 0.0504. The Hall–Kier alpha value is -1.30. The minimum Gasteiger partial charge on any atom is -0.480 e. The van der Waals surface area contributed by atoms with E-state index in [1.165, 1.54) is 11.3 Å². The molecule has 2 amide bonds. The summed E-state index contributed by atoms with van der Waals surface area (Å²) in [6.07, 6.45) is 4.09. The number of nitrogens with zero attached hydrogens (tertiary/aromatic N) is 3. The van der Waals surface area contributed by atoms with Gasteiger partial charge in [-0.2, -0.15) is 0 Å². The van der Waals surface area contributed by atoms with E-state index in [0.29, 0.717) is 6.54 Å². The fraction of sp³-hybridized carbons (Fsp3) is 0.867. The van der Waals surface area contributed by atoms with E-state index in [-0.39, 0.29) is 24.2 Å². The van der Waals surface area contributed by atoms with Gasteiger partial charge in [-0.15, -0.1) is 0 Å². The van der Waals surface area contributed by atoms with Gasteiger partial charge in [0.05, 0.1) is 0 Å². The zero-order chi connectivity index (χ0) is 16.2. The Morgan fingerprint density at radius 3 is 2.14 bits per heavy atom. The molecule has 1 unspecified atom stereocenters. The molecule has 6 heteroatoms. The molecule has 0 radical (unpaired) electrons. The first-order valence-corrected chi connectivity index (χ1v) is 7.64. The van der Waals surface area contributed by atoms with Crippen LogP contribution in [0.2, 0.25) is 0 Å². The van der Waals surface area contributed by atoms with Crippen molar-refractivity contribution in [2.24, 2.45) is 0 Å². The topological polar surface area (TPSA) is 64.1 Å². The van der Waals surface area contributed by atoms with Crippen molar-refractivity contribution in [3.05, 3.63) is 0 Å². The summed E-state index contributed by atoms with van der Waals surface area (Å²) >= 11 is 0. The number of aliphatic carboxylic acids is 1. The van der Waals surface area contributed by atoms with Crippen molar-refractivity contribution in [3.8, 4) is 0 Å². The van der Waals surface area contributed by atoms with Crippen LogP contribution in [0.25, 0.3) is 0 Å². The Balaban J connectivity index is 2.75. The average Bonchev–Trinajstić information content (AvgIpc) is 2.37. The zero-order valence-corrected chi connectivity index (χ0v) is 13.9. The predicted octanol–water partition coefficient (Wildman–Crippen LogP) is 1.71. The molecule has 122 valence electrons. The molecule has 6 nitrogen and oxygen atoms in total. The molecule has 0 aromatic heterocycles. The van der Waals surface area contributed by atoms with E-state index in [1.807, 2.05) is 27.9 Å². The summed E-state index contributed by atoms with van der Waals surface area (Å²) in [6, 6.07) is -0.271. The highest BCUT2D eigenvalue weighted by molar-refractivity contribution is 5.80. The molecule has 0 aromatic carbocycles. The largest absolute Gasteiger partial charge is 0.480 e. The van der Waals surface area contributed by atoms with Crippen LogP contribution in [0.3, 0.4) is 0 Å². The van der Waals surface area contributed by atoms with Gasteiger partial charge in [-0.25, -0.2) is 4.79 Å². The molecule has 0 spiro atoms. The molecule has 0 saturated heterocycles. The van der Waals surface area contributed by atoms with Gasteiger partial charge in [0, 0.05) is 25.2 Å². The van der Waals surface area contributed by atoms with Crippen LogP contribution in [-0.4, -0.2) is 77.6 Å². The molecule has 21 heavy (non-hydrogen) atoms. The molecule has 1 N–H and O–H groups in total. The van der Waals surface area contributed by atoms with Crippen LogP contribution in [0, 0.1) is 0 Å². The standard InChI is InChI=1S/C15H29N3O3/c1-6-12(2)18(10-13(19)20)14(21)17(5)11-15(16(3)4)8-7-9-15/h12H,6-11H2,1-5H3,(H,19,20). The molecule has 0 heterocycles. The van der Waals surface area contributed by atoms with Crippen molar-refractivity contribution in [2.75, 3.05) is 34.2 Å². The number of amides is 2. The van der Waals surface area contributed by atoms with Gasteiger partial charge in [0.2, 0.25) is 0 Å². The number of likely N-dealkylation sites (N-methyl/N-ethyl adjacent to an activating group) is 2. The minimum atomic E-state index is -0.969. The number of hydrogen-bond acceptors (Lipinski definition) is 3. The van der Waals surface area contributed by atoms with Gasteiger partial charge in [0.25, 0.3) is 0 Å². The molecule has 0 bridgehead atoms. The number of carboxylic acid groups (broad SMARTS) is 1. The molecular formula is C15H29N3O3. The van der Waals surface area contributed by atoms with Crippen LogP contribution >= 0.6 is 0 Å². The normalized spacial score (nSPS) is 18.0. The lowest BCUT2D eigenvalue weighted by Gasteiger charge is -2.49. The Morgan fingerprint density at radius 2 is 1.81 bits per heavy atom. The van der Waals surface area contributed by atoms with Gasteiger partial charge >= 0.3 is 12.0 Å². The first-order valence-electron chi connectivity index (χ1n) is 7.64. The first-order chi connectivity index (χ1) is 9.73. The van der Waals surface area contributed by atoms with Crippen molar-refractivity contribution >= 4 is 12.0 Å². The fourth-order valence-electron chi connectivity index (χ4n) is 2.84. The Morgan fingerprint density at radius 1 is 1.24 bits per heavy atom. The third-order valence-electron chi connectivity index (χ3n) is 4.77. The summed E-state index contributed by atoms with van der Waals surface area (Å²) in [7, 11) is 5.85. The summed E-state index contributed by atoms with van der Waals surface area (Å²) in [5.74, 6) is -0.969. The highest BCUT2D eigenvalue weighted by Crippen LogP contribution is 2.36. The van der Waals surface area contributed by atoms with E-state index in [9.17, 15) is 9.59 Å². The second-order valence-electron chi connectivity index (χ2n) is 6.39. The van der Waals surface area contributed by atoms with Crippen molar-refractivity contribution < 1.29 is 14.7 Å². The van der Waals surface area contributed by atoms with Crippen molar-refractivity contribution in [3.63, 3.8) is 0 Å². The number of carboxylic acids is 1. The Kier molecular flexibility index (Phi) is 6.01. The summed E-state index contributed by atoms with van der Waals surface area (Å²) in [5, 5.41) is 9.02. The number of carbonyl (C=O) groups is 2. The van der Waals surface area contributed by atoms with Crippen LogP contribution in [0.4, 0.5) is 4.79 Å². The maximum atomic E-state index is 12.6. The van der Waals surface area contributed by atoms with E-state index in [4.69, 9.17) is 5.11 Å². The van der Waals surface area contributed by atoms with Crippen molar-refractivity contribution in [1.82, 2.24) is 14.7 Å². The number of rotatable bonds is 7. The van der Waals surface area contributed by atoms with Crippen LogP contribution in [-0.2, 0) is 4.79 Å². The molecule has 1 aliphatic carbocycles. The average molecular weight is 299 g/mol. The van der Waals surface area contributed by atoms with E-state index in [1.54, 1.807) is 11.9 Å². The molecule has 1 rings (SSSR count). The first kappa shape index (κ1) is 17.8. The maximum absolute atomic E-state index is 12.6. The van der Waals surface area contributed by atoms with E-state index in [0.717, 1.165) is 19.3 Å². The number of carbonyl (C=O) groups excluding carboxylic acids is 1. The fourth-order valence-corrected chi connectivity index (χ4v) is 2.84. The minimum absolute atomic E-state index is 0.0504. The molecular weight excluding hydrogens is 270 g/mol. The van der Waals surface area contributed by atoms with Gasteiger partial charge in [0.1, 0.15) is 6.54 Å². The lowest BCUT2D eigenvalue weighted by molar-refractivity contribution is -0.138. The van der Waals surface area contributed by atoms with Crippen LogP contribution < -0.4 is 0 Å². The van der Waals surface area contributed by atoms with Gasteiger partial charge in [-0.05, 0) is 46.7 Å². The van der Waals surface area contributed by atoms with Crippen LogP contribution in [0.5, 0.6) is 0 Å². The van der Waals surface area contributed by atoms with Crippen LogP contribution in [0.15, 0.2) is 0 Å². The van der Waals surface area contributed by atoms with Crippen molar-refractivity contribution in [2.45, 2.75) is 51.1 Å². The summed E-state index contributed by atoms with van der Waals surface area (Å²) in [4.78, 5) is 28.9. The highest BCUT2D eigenvalue weighted by Gasteiger charge is 2.41. The molecule has 0 aliphatic heterocycles. The molecule has 0 aromatic rings. The SMILES string of the molecule is CCC(C)N(CC(=O)O)C(=O)N(C)CC1(N(C)C)CCC1. The van der Waals surface area contributed by atoms with Crippen molar-refractivity contribution in [1.29, 1.82) is 0 Å². The lowest BCUT2D eigenvalue weighted by Crippen LogP contribution is -2.59. The number of urea groups is 1. The molecule has 1 atom stereocenters. The van der Waals surface area contributed by atoms with Gasteiger partial charge in [-0.1, -0.05) is 6.92 Å². The third kappa shape index (κ3) is 4.09. The smallest absolute Gasteiger partial charge is 0.323 e. The molecule has 1 aliphatic rings. The van der Waals surface area contributed by atoms with E-state index >= 15 is 0 Å². The maximum Gasteiger partial charge on any atom is 0.323 e. The van der Waals surface area contributed by atoms with E-state index < -0.39 is 5.97 Å². The van der Waals surface area contributed by atoms with Gasteiger partial charge in [-0.3, -0.25) is 4.79 Å². The van der Waals surface area contributed by atoms with E-state index in [2.05, 4.69) is 4.90 Å². The monoisotopic (exact) mass is 299 g/mol. The quantitative estimate of drug-likeness (QED) is 0.777. The summed E-state index contributed by atoms with van der Waals surface area (Å²) < 4.78 is 0. The second-order valence-corrected chi connectivity index (χ2v) is 6.39. The molecule has 1 fully saturated rings. The zero-order valence-electron chi connectivity index (χ0n) is 13.9. The lowest BCUT2D eigenvalue weighted by atomic mass is 9.75. The van der Waals surface area contributed by atoms with Gasteiger partial charge < -0.3 is 19.8 Å². The number of hydrogen-bond donors (Lipinski definition) is 1. The Bertz CT molecular complexity index is 380.